The molecule has 0 radical (unpaired) electrons. The van der Waals surface area contributed by atoms with Crippen LogP contribution in [0.2, 0.25) is 0 Å². The Morgan fingerprint density at radius 2 is 2.04 bits per heavy atom. The molecular weight excluding hydrogens is 361 g/mol. The van der Waals surface area contributed by atoms with Crippen LogP contribution in [-0.2, 0) is 16.2 Å². The van der Waals surface area contributed by atoms with Gasteiger partial charge in [0, 0.05) is 17.7 Å². The van der Waals surface area contributed by atoms with Gasteiger partial charge in [0.25, 0.3) is 5.69 Å². The van der Waals surface area contributed by atoms with E-state index in [1.54, 1.807) is 13.8 Å². The quantitative estimate of drug-likeness (QED) is 0.219. The minimum Gasteiger partial charge on any atom is -0.363 e. The molecule has 1 aromatic carbocycles. The summed E-state index contributed by atoms with van der Waals surface area (Å²) in [4.78, 5) is 10.4. The maximum absolute atomic E-state index is 14.4. The zero-order valence-electron chi connectivity index (χ0n) is 15.0. The van der Waals surface area contributed by atoms with Crippen LogP contribution < -0.4 is 5.32 Å². The first-order chi connectivity index (χ1) is 12.1. The number of nitrogens with zero attached hydrogens (tertiary/aromatic N) is 1. The fourth-order valence-corrected chi connectivity index (χ4v) is 4.01. The number of halogens is 1. The molecule has 0 aliphatic heterocycles. The highest BCUT2D eigenvalue weighted by Gasteiger charge is 2.46. The molecule has 0 unspecified atom stereocenters. The summed E-state index contributed by atoms with van der Waals surface area (Å²) in [6.45, 7) is 4.87. The largest absolute Gasteiger partial charge is 0.363 e. The Labute approximate surface area is 153 Å². The predicted molar refractivity (Wildman–Crippen MR) is 97.6 cm³/mol. The number of non-ortho nitro benzene ring substituents is 1. The molecule has 1 aliphatic carbocycles. The van der Waals surface area contributed by atoms with Gasteiger partial charge in [-0.1, -0.05) is 13.3 Å². The lowest BCUT2D eigenvalue weighted by atomic mass is 9.75. The van der Waals surface area contributed by atoms with E-state index in [0.29, 0.717) is 6.42 Å². The average Bonchev–Trinajstić information content (AvgIpc) is 2.52. The highest BCUT2D eigenvalue weighted by atomic mass is 32.2. The molecule has 0 bridgehead atoms. The van der Waals surface area contributed by atoms with E-state index in [1.807, 2.05) is 0 Å². The third-order valence-corrected chi connectivity index (χ3v) is 7.00. The summed E-state index contributed by atoms with van der Waals surface area (Å²) in [6, 6.07) is 3.23. The molecule has 0 heterocycles. The van der Waals surface area contributed by atoms with Crippen LogP contribution in [0.25, 0.3) is 0 Å². The van der Waals surface area contributed by atoms with Crippen LogP contribution in [-0.4, -0.2) is 23.9 Å². The van der Waals surface area contributed by atoms with Gasteiger partial charge in [0.2, 0.25) is 0 Å². The number of rotatable bonds is 7. The predicted octanol–water partition coefficient (Wildman–Crippen LogP) is 3.10. The minimum absolute atomic E-state index is 0.0380. The molecule has 0 amide bonds. The Kier molecular flexibility index (Phi) is 5.70. The van der Waals surface area contributed by atoms with Crippen molar-refractivity contribution < 1.29 is 17.7 Å². The molecule has 0 saturated heterocycles. The van der Waals surface area contributed by atoms with E-state index in [0.717, 1.165) is 37.5 Å². The molecule has 9 heteroatoms. The lowest BCUT2D eigenvalue weighted by Gasteiger charge is -2.42. The standard InChI is InChI=1S/C17H24FN3O4S/c1-4-16(2,13-10-12(21(22)23)8-9-14(13)18)20-15(19)17(3,26(24)25)11-6-5-7-11/h8-11,26H,4-7H2,1-3H3,(H2,19,20)/t16-,17+/m0/s1. The first-order valence-electron chi connectivity index (χ1n) is 8.52. The molecule has 1 aromatic rings. The fraction of sp³-hybridized carbons (Fsp3) is 0.588. The fourth-order valence-electron chi connectivity index (χ4n) is 3.21. The number of hydrogen-bond donors (Lipinski definition) is 3. The number of amidine groups is 1. The molecule has 2 rings (SSSR count). The van der Waals surface area contributed by atoms with Crippen LogP contribution in [0.1, 0.15) is 52.0 Å². The van der Waals surface area contributed by atoms with Crippen molar-refractivity contribution in [1.82, 2.24) is 5.32 Å². The average molecular weight is 385 g/mol. The van der Waals surface area contributed by atoms with Crippen LogP contribution in [0.4, 0.5) is 10.1 Å². The first-order valence-corrected chi connectivity index (χ1v) is 9.70. The summed E-state index contributed by atoms with van der Waals surface area (Å²) in [5.41, 5.74) is -1.37. The van der Waals surface area contributed by atoms with E-state index in [2.05, 4.69) is 5.32 Å². The van der Waals surface area contributed by atoms with Gasteiger partial charge in [0.1, 0.15) is 16.4 Å². The Morgan fingerprint density at radius 1 is 1.42 bits per heavy atom. The minimum atomic E-state index is -2.92. The zero-order chi connectivity index (χ0) is 19.7. The van der Waals surface area contributed by atoms with E-state index < -0.39 is 31.7 Å². The van der Waals surface area contributed by atoms with Crippen molar-refractivity contribution in [2.45, 2.75) is 56.7 Å². The lowest BCUT2D eigenvalue weighted by molar-refractivity contribution is -0.385. The third-order valence-electron chi connectivity index (χ3n) is 5.65. The summed E-state index contributed by atoms with van der Waals surface area (Å²) in [7, 11) is -2.92. The van der Waals surface area contributed by atoms with Gasteiger partial charge >= 0.3 is 0 Å². The van der Waals surface area contributed by atoms with Gasteiger partial charge in [-0.2, -0.15) is 0 Å². The second kappa shape index (κ2) is 7.30. The number of nitro benzene ring substituents is 1. The molecule has 1 aliphatic rings. The van der Waals surface area contributed by atoms with Crippen molar-refractivity contribution in [3.05, 3.63) is 39.7 Å². The van der Waals surface area contributed by atoms with E-state index in [-0.39, 0.29) is 23.0 Å². The second-order valence-corrected chi connectivity index (χ2v) is 8.58. The van der Waals surface area contributed by atoms with Gasteiger partial charge in [-0.05, 0) is 45.1 Å². The monoisotopic (exact) mass is 385 g/mol. The van der Waals surface area contributed by atoms with Crippen LogP contribution in [0.5, 0.6) is 0 Å². The second-order valence-electron chi connectivity index (χ2n) is 7.14. The van der Waals surface area contributed by atoms with Crippen LogP contribution in [0, 0.1) is 27.3 Å². The molecule has 7 nitrogen and oxygen atoms in total. The maximum Gasteiger partial charge on any atom is 0.269 e. The van der Waals surface area contributed by atoms with Crippen molar-refractivity contribution in [3.63, 3.8) is 0 Å². The Bertz CT molecular complexity index is 801. The normalized spacial score (nSPS) is 19.3. The first kappa shape index (κ1) is 20.3. The van der Waals surface area contributed by atoms with Crippen molar-refractivity contribution >= 4 is 22.2 Å². The van der Waals surface area contributed by atoms with Crippen LogP contribution >= 0.6 is 0 Å². The number of benzene rings is 1. The van der Waals surface area contributed by atoms with Crippen molar-refractivity contribution in [3.8, 4) is 0 Å². The summed E-state index contributed by atoms with van der Waals surface area (Å²) in [6.07, 6.45) is 2.67. The van der Waals surface area contributed by atoms with E-state index in [9.17, 15) is 22.9 Å². The highest BCUT2D eigenvalue weighted by molar-refractivity contribution is 7.75. The molecule has 26 heavy (non-hydrogen) atoms. The van der Waals surface area contributed by atoms with Crippen LogP contribution in [0.15, 0.2) is 18.2 Å². The summed E-state index contributed by atoms with van der Waals surface area (Å²) in [5, 5.41) is 22.3. The number of hydrogen-bond acceptors (Lipinski definition) is 5. The van der Waals surface area contributed by atoms with Crippen molar-refractivity contribution in [2.75, 3.05) is 0 Å². The topological polar surface area (TPSA) is 113 Å². The summed E-state index contributed by atoms with van der Waals surface area (Å²) >= 11 is 0. The number of nitrogens with one attached hydrogen (secondary N) is 2. The molecule has 0 spiro atoms. The number of thiol groups is 1. The molecule has 144 valence electrons. The van der Waals surface area contributed by atoms with Crippen molar-refractivity contribution in [2.24, 2.45) is 5.92 Å². The molecule has 1 fully saturated rings. The summed E-state index contributed by atoms with van der Waals surface area (Å²) in [5.74, 6) is -0.995. The lowest BCUT2D eigenvalue weighted by Crippen LogP contribution is -2.57. The van der Waals surface area contributed by atoms with Gasteiger partial charge in [0.05, 0.1) is 10.5 Å². The van der Waals surface area contributed by atoms with E-state index >= 15 is 0 Å². The highest BCUT2D eigenvalue weighted by Crippen LogP contribution is 2.40. The maximum atomic E-state index is 14.4. The van der Waals surface area contributed by atoms with E-state index in [4.69, 9.17) is 5.41 Å². The molecule has 0 aromatic heterocycles. The van der Waals surface area contributed by atoms with Gasteiger partial charge in [-0.15, -0.1) is 0 Å². The Balaban J connectivity index is 2.42. The van der Waals surface area contributed by atoms with Gasteiger partial charge < -0.3 is 5.32 Å². The number of nitro groups is 1. The molecular formula is C17H24FN3O4S. The van der Waals surface area contributed by atoms with Crippen molar-refractivity contribution in [1.29, 1.82) is 5.41 Å². The van der Waals surface area contributed by atoms with Gasteiger partial charge in [-0.3, -0.25) is 15.5 Å². The third kappa shape index (κ3) is 3.44. The molecule has 2 N–H and O–H groups in total. The SMILES string of the molecule is CC[C@](C)(NC(=N)[C@@](C)(C1CCC1)[SH](=O)=O)c1cc([N+](=O)[O-])ccc1F. The molecule has 1 saturated carbocycles. The van der Waals surface area contributed by atoms with E-state index in [1.165, 1.54) is 6.92 Å². The molecule has 2 atom stereocenters. The van der Waals surface area contributed by atoms with Gasteiger partial charge in [-0.25, -0.2) is 12.8 Å². The zero-order valence-corrected chi connectivity index (χ0v) is 15.9. The Hall–Kier alpha value is -2.03. The summed E-state index contributed by atoms with van der Waals surface area (Å²) < 4.78 is 36.9. The Morgan fingerprint density at radius 3 is 2.46 bits per heavy atom. The smallest absolute Gasteiger partial charge is 0.269 e. The van der Waals surface area contributed by atoms with Gasteiger partial charge in [0.15, 0.2) is 10.7 Å². The van der Waals surface area contributed by atoms with Crippen LogP contribution in [0.3, 0.4) is 0 Å².